The largest absolute Gasteiger partial charge is 0.361 e. The van der Waals surface area contributed by atoms with E-state index < -0.39 is 24.2 Å². The number of hydrogen-bond donors (Lipinski definition) is 5. The molecule has 0 unspecified atom stereocenters. The van der Waals surface area contributed by atoms with Crippen LogP contribution in [-0.2, 0) is 34.4 Å². The predicted molar refractivity (Wildman–Crippen MR) is 522 cm³/mol. The van der Waals surface area contributed by atoms with Gasteiger partial charge in [-0.05, 0) is 188 Å². The van der Waals surface area contributed by atoms with Gasteiger partial charge in [-0.15, -0.1) is 12.6 Å². The second-order valence-corrected chi connectivity index (χ2v) is 57.7. The average Bonchev–Trinajstić information content (AvgIpc) is 1.71. The zero-order chi connectivity index (χ0) is 89.7. The minimum Gasteiger partial charge on any atom is -0.361 e. The summed E-state index contributed by atoms with van der Waals surface area (Å²) < 4.78 is 22.8. The summed E-state index contributed by atoms with van der Waals surface area (Å²) in [6.07, 6.45) is 18.0. The van der Waals surface area contributed by atoms with Crippen LogP contribution in [0.1, 0.15) is 46.5 Å². The van der Waals surface area contributed by atoms with Crippen LogP contribution in [0.3, 0.4) is 0 Å². The van der Waals surface area contributed by atoms with E-state index in [1.807, 2.05) is 45.5 Å². The van der Waals surface area contributed by atoms with E-state index in [9.17, 15) is 0 Å². The van der Waals surface area contributed by atoms with Crippen molar-refractivity contribution in [3.05, 3.63) is 179 Å². The van der Waals surface area contributed by atoms with E-state index in [0.717, 1.165) is 105 Å². The van der Waals surface area contributed by atoms with Crippen molar-refractivity contribution < 1.29 is 14.2 Å². The van der Waals surface area contributed by atoms with Crippen molar-refractivity contribution in [3.63, 3.8) is 0 Å². The fourth-order valence-electron chi connectivity index (χ4n) is 11.1. The summed E-state index contributed by atoms with van der Waals surface area (Å²) in [7, 11) is -3.25. The first kappa shape index (κ1) is 101. The van der Waals surface area contributed by atoms with Crippen molar-refractivity contribution in [1.82, 2.24) is 104 Å². The Morgan fingerprint density at radius 2 is 0.863 bits per heavy atom. The lowest BCUT2D eigenvalue weighted by atomic mass is 9.83. The Balaban J connectivity index is 0.000000158. The number of H-pyrrole nitrogens is 2. The maximum Gasteiger partial charge on any atom is 0.224 e. The van der Waals surface area contributed by atoms with Crippen molar-refractivity contribution in [2.24, 2.45) is 11.1 Å². The molecule has 16 rings (SSSR count). The van der Waals surface area contributed by atoms with Gasteiger partial charge in [-0.2, -0.15) is 19.9 Å². The third-order valence-corrected chi connectivity index (χ3v) is 31.3. The molecule has 26 nitrogen and oxygen atoms in total. The van der Waals surface area contributed by atoms with E-state index >= 15 is 0 Å². The van der Waals surface area contributed by atoms with Gasteiger partial charge < -0.3 is 49.3 Å². The van der Waals surface area contributed by atoms with Gasteiger partial charge in [-0.25, -0.2) is 54.8 Å². The lowest BCUT2D eigenvalue weighted by Gasteiger charge is -2.36. The quantitative estimate of drug-likeness (QED) is 0.0138. The third kappa shape index (κ3) is 31.7. The number of aromatic amines is 2. The van der Waals surface area contributed by atoms with Crippen LogP contribution in [0.5, 0.6) is 0 Å². The van der Waals surface area contributed by atoms with E-state index in [1.165, 1.54) is 61.2 Å². The van der Waals surface area contributed by atoms with Gasteiger partial charge in [0.15, 0.2) is 43.7 Å². The van der Waals surface area contributed by atoms with Gasteiger partial charge in [0, 0.05) is 82.3 Å². The number of rotatable bonds is 22. The molecule has 662 valence electrons. The van der Waals surface area contributed by atoms with Crippen LogP contribution in [0, 0.1) is 5.41 Å². The summed E-state index contributed by atoms with van der Waals surface area (Å²) in [5, 5.41) is 9.84. The predicted octanol–water partition coefficient (Wildman–Crippen LogP) is 24.5. The first-order valence-corrected chi connectivity index (χ1v) is 57.3. The molecular formula is C80H96Cl11N23O3S4Si3. The summed E-state index contributed by atoms with van der Waals surface area (Å²) in [6.45, 7) is 35.4. The van der Waals surface area contributed by atoms with E-state index in [0.29, 0.717) is 126 Å². The van der Waals surface area contributed by atoms with Crippen molar-refractivity contribution in [2.45, 2.75) is 184 Å². The number of nitrogens with one attached hydrogen (secondary N) is 3. The number of anilines is 1. The Kier molecular flexibility index (Phi) is 38.0. The highest BCUT2D eigenvalue weighted by atomic mass is 35.5. The summed E-state index contributed by atoms with van der Waals surface area (Å²) in [5.41, 5.74) is 13.7. The summed E-state index contributed by atoms with van der Waals surface area (Å²) >= 11 is 73.8. The molecule has 2 saturated heterocycles. The number of fused-ring (bicyclic) bond motifs is 5. The number of halogens is 11. The molecule has 0 amide bonds. The highest BCUT2D eigenvalue weighted by Gasteiger charge is 2.28. The minimum absolute atomic E-state index is 0.0949. The molecule has 10 aromatic heterocycles. The number of nitrogens with zero attached hydrogens (tertiary/aromatic N) is 19. The number of imidazole rings is 5. The molecule has 0 bridgehead atoms. The molecule has 0 saturated carbocycles. The SMILES string of the molecule is CC1(C)CCNCC1.CC1(N)CCN(c2nc3nc(Sc4cccc(Cl)c4Cl)ncc3[nH]2)CC1.C[Si](C)(C)CCOCn1c(Cl)nc2nc(Sc3cccc(Cl)c3Cl)ncc21.C[Si](C)(C)CCOCn1cnc2nc(Cl)ncc21.C[Si](C)(C)CCOCn1cnc2nc(Sc3cccc(Cl)c3Cl)ncc21.Clc1ncc2[nH]cnc2n1.Sc1cccc(Cl)c1Cl. The van der Waals surface area contributed by atoms with E-state index in [2.05, 4.69) is 187 Å². The van der Waals surface area contributed by atoms with Crippen LogP contribution in [0.15, 0.2) is 158 Å². The fourth-order valence-corrected chi connectivity index (χ4v) is 18.2. The molecule has 0 radical (unpaired) electrons. The van der Waals surface area contributed by atoms with Gasteiger partial charge in [-0.1, -0.05) is 190 Å². The Morgan fingerprint density at radius 1 is 0.444 bits per heavy atom. The molecule has 0 aliphatic carbocycles. The fraction of sp³-hybridized carbons (Fsp3) is 0.388. The molecule has 0 atom stereocenters. The number of aromatic nitrogens is 20. The standard InChI is InChI=1S/C17H19Cl3N4OSSi.C17H18Cl2N6S.C17H20Cl2N4OSSi.C11H17ClN4OSi.C7H15N.C6H4Cl2S.C5H3ClN4/c1-27(2,3)8-7-25-10-24-12-9-21-17(23-15(12)22-16(24)20)26-13-6-4-5-11(18)14(13)19;1-17(20)5-7-25(8-6-17)15-22-11-9-21-16(24-14(11)23-15)26-12-4-2-3-10(18)13(12)19;1-26(2,3)8-7-24-11-23-10-21-16-13(23)9-20-17(22-16)25-14-6-4-5-12(18)15(14)19;1-18(2,3)5-4-17-8-16-7-14-10-9(16)6-13-11(12)15-10;1-7(2)3-5-8-6-4-7;7-4-2-1-3-5(9)6(4)8;6-5-7-1-3-4(10-5)9-2-8-3/h4-6,9H,7-8,10H2,1-3H3;2-4,9H,5-8,20H2,1H3,(H,21,22,23,24);4-6,9-10H,7-8,11H2,1-3H3;6-7H,4-5,8H2,1-3H3;8H,3-6H2,1-2H3;1-3,9H;1-2H,(H,7,8,9,10). The molecular weight excluding hydrogens is 1930 g/mol. The van der Waals surface area contributed by atoms with Crippen LogP contribution >= 0.6 is 176 Å². The summed E-state index contributed by atoms with van der Waals surface area (Å²) in [4.78, 5) is 75.2. The number of benzene rings is 4. The van der Waals surface area contributed by atoms with Crippen molar-refractivity contribution >= 4 is 262 Å². The smallest absolute Gasteiger partial charge is 0.224 e. The first-order valence-electron chi connectivity index (χ1n) is 39.1. The Labute approximate surface area is 797 Å². The van der Waals surface area contributed by atoms with Crippen LogP contribution < -0.4 is 16.0 Å². The molecule has 12 heterocycles. The zero-order valence-corrected chi connectivity index (χ0v) is 84.9. The van der Waals surface area contributed by atoms with Crippen LogP contribution in [0.4, 0.5) is 5.95 Å². The van der Waals surface area contributed by atoms with Crippen LogP contribution in [0.2, 0.25) is 133 Å². The molecule has 4 aromatic carbocycles. The number of hydrogen-bond acceptors (Lipinski definition) is 25. The molecule has 14 aromatic rings. The molecule has 2 aliphatic rings. The van der Waals surface area contributed by atoms with Gasteiger partial charge in [0.05, 0.1) is 90.1 Å². The Bertz CT molecular complexity index is 5820. The minimum atomic E-state index is -1.13. The first-order chi connectivity index (χ1) is 58.7. The lowest BCUT2D eigenvalue weighted by Crippen LogP contribution is -2.48. The monoisotopic (exact) mass is 2020 g/mol. The molecule has 5 N–H and O–H groups in total. The molecule has 124 heavy (non-hydrogen) atoms. The lowest BCUT2D eigenvalue weighted by molar-refractivity contribution is 0.0897. The highest BCUT2D eigenvalue weighted by Crippen LogP contribution is 2.40. The molecule has 2 fully saturated rings. The molecule has 0 spiro atoms. The number of thiol groups is 1. The highest BCUT2D eigenvalue weighted by molar-refractivity contribution is 7.99. The second-order valence-electron chi connectivity index (χ2n) is 33.2. The van der Waals surface area contributed by atoms with Crippen LogP contribution in [0.25, 0.3) is 55.8 Å². The average molecular weight is 2030 g/mol. The molecule has 2 aliphatic heterocycles. The van der Waals surface area contributed by atoms with E-state index in [-0.39, 0.29) is 16.1 Å². The van der Waals surface area contributed by atoms with Crippen molar-refractivity contribution in [1.29, 1.82) is 0 Å². The van der Waals surface area contributed by atoms with Gasteiger partial charge in [-0.3, -0.25) is 4.57 Å². The van der Waals surface area contributed by atoms with Crippen molar-refractivity contribution in [2.75, 3.05) is 50.9 Å². The van der Waals surface area contributed by atoms with Gasteiger partial charge in [0.1, 0.15) is 47.8 Å². The van der Waals surface area contributed by atoms with Crippen LogP contribution in [-0.4, -0.2) is 174 Å². The van der Waals surface area contributed by atoms with E-state index in [4.69, 9.17) is 148 Å². The maximum absolute atomic E-state index is 6.26. The number of piperidine rings is 2. The third-order valence-electron chi connectivity index (χ3n) is 18.6. The summed E-state index contributed by atoms with van der Waals surface area (Å²) in [6, 6.07) is 25.1. The summed E-state index contributed by atoms with van der Waals surface area (Å²) in [5.74, 6) is 0.813. The van der Waals surface area contributed by atoms with Gasteiger partial charge in [0.25, 0.3) is 0 Å². The second kappa shape index (κ2) is 46.8. The van der Waals surface area contributed by atoms with Gasteiger partial charge >= 0.3 is 0 Å². The van der Waals surface area contributed by atoms with Gasteiger partial charge in [0.2, 0.25) is 21.8 Å². The number of nitrogens with two attached hydrogens (primary N) is 1. The maximum atomic E-state index is 6.26. The zero-order valence-electron chi connectivity index (χ0n) is 70.2. The topological polar surface area (TPSA) is 309 Å². The Morgan fingerprint density at radius 3 is 1.34 bits per heavy atom. The van der Waals surface area contributed by atoms with E-state index in [1.54, 1.807) is 90.9 Å². The Hall–Kier alpha value is -5.53. The molecule has 44 heteroatoms. The van der Waals surface area contributed by atoms with Crippen molar-refractivity contribution in [3.8, 4) is 0 Å². The number of ether oxygens (including phenoxy) is 3. The normalized spacial score (nSPS) is 13.8.